The maximum atomic E-state index is 11.8. The molecule has 0 aliphatic rings. The van der Waals surface area contributed by atoms with Gasteiger partial charge < -0.3 is 10.5 Å². The largest absolute Gasteiger partial charge is 0.389 e. The molecule has 4 nitrogen and oxygen atoms in total. The molecule has 4 heteroatoms. The summed E-state index contributed by atoms with van der Waals surface area (Å²) in [6.45, 7) is 0. The third-order valence-electron chi connectivity index (χ3n) is 3.01. The van der Waals surface area contributed by atoms with Crippen LogP contribution in [0.2, 0.25) is 0 Å². The summed E-state index contributed by atoms with van der Waals surface area (Å²) < 4.78 is 4.72. The molecule has 2 rings (SSSR count). The number of carbonyl (C=O) groups is 2. The van der Waals surface area contributed by atoms with Gasteiger partial charge in [0.25, 0.3) is 0 Å². The standard InChI is InChI=1S/C18H17NO3/c19-16(13-15-9-5-2-6-10-15)18(21)22-17(20)12-11-14-7-3-1-4-8-14/h1-12,16H,13,19H2/b12-11+/t16-/m0/s1. The Bertz CT molecular complexity index is 651. The van der Waals surface area contributed by atoms with E-state index in [9.17, 15) is 9.59 Å². The molecular weight excluding hydrogens is 278 g/mol. The highest BCUT2D eigenvalue weighted by Gasteiger charge is 2.18. The summed E-state index contributed by atoms with van der Waals surface area (Å²) in [7, 11) is 0. The van der Waals surface area contributed by atoms with Crippen LogP contribution < -0.4 is 5.73 Å². The van der Waals surface area contributed by atoms with Gasteiger partial charge in [-0.25, -0.2) is 9.59 Å². The fourth-order valence-electron chi connectivity index (χ4n) is 1.89. The average Bonchev–Trinajstić information content (AvgIpc) is 2.55. The topological polar surface area (TPSA) is 69.4 Å². The monoisotopic (exact) mass is 295 g/mol. The summed E-state index contributed by atoms with van der Waals surface area (Å²) in [5, 5.41) is 0. The van der Waals surface area contributed by atoms with Crippen molar-refractivity contribution in [1.82, 2.24) is 0 Å². The molecule has 1 atom stereocenters. The minimum Gasteiger partial charge on any atom is -0.389 e. The van der Waals surface area contributed by atoms with Crippen molar-refractivity contribution in [1.29, 1.82) is 0 Å². The van der Waals surface area contributed by atoms with Gasteiger partial charge >= 0.3 is 11.9 Å². The maximum absolute atomic E-state index is 11.8. The van der Waals surface area contributed by atoms with Crippen LogP contribution in [0.5, 0.6) is 0 Å². The second-order valence-electron chi connectivity index (χ2n) is 4.78. The molecule has 0 saturated carbocycles. The Morgan fingerprint density at radius 2 is 1.59 bits per heavy atom. The lowest BCUT2D eigenvalue weighted by atomic mass is 10.1. The van der Waals surface area contributed by atoms with Gasteiger partial charge in [0.05, 0.1) is 0 Å². The summed E-state index contributed by atoms with van der Waals surface area (Å²) in [6.07, 6.45) is 3.12. The minimum absolute atomic E-state index is 0.329. The van der Waals surface area contributed by atoms with Crippen LogP contribution in [-0.2, 0) is 20.7 Å². The van der Waals surface area contributed by atoms with Gasteiger partial charge in [0.2, 0.25) is 0 Å². The van der Waals surface area contributed by atoms with Gasteiger partial charge in [0.1, 0.15) is 6.04 Å². The van der Waals surface area contributed by atoms with Crippen LogP contribution >= 0.6 is 0 Å². The lowest BCUT2D eigenvalue weighted by Crippen LogP contribution is -2.35. The molecule has 0 aromatic heterocycles. The average molecular weight is 295 g/mol. The molecule has 0 saturated heterocycles. The van der Waals surface area contributed by atoms with Gasteiger partial charge in [-0.15, -0.1) is 0 Å². The van der Waals surface area contributed by atoms with Gasteiger partial charge in [-0.3, -0.25) is 0 Å². The van der Waals surface area contributed by atoms with Crippen LogP contribution in [0.4, 0.5) is 0 Å². The highest BCUT2D eigenvalue weighted by molar-refractivity contribution is 5.96. The van der Waals surface area contributed by atoms with Gasteiger partial charge in [-0.05, 0) is 23.6 Å². The zero-order valence-electron chi connectivity index (χ0n) is 12.0. The lowest BCUT2D eigenvalue weighted by molar-refractivity contribution is -0.157. The zero-order chi connectivity index (χ0) is 15.8. The summed E-state index contributed by atoms with van der Waals surface area (Å²) in [4.78, 5) is 23.4. The molecular formula is C18H17NO3. The lowest BCUT2D eigenvalue weighted by Gasteiger charge is -2.09. The predicted molar refractivity (Wildman–Crippen MR) is 84.7 cm³/mol. The molecule has 2 aromatic rings. The van der Waals surface area contributed by atoms with Crippen molar-refractivity contribution in [2.24, 2.45) is 5.73 Å². The number of nitrogens with two attached hydrogens (primary N) is 1. The van der Waals surface area contributed by atoms with E-state index in [1.165, 1.54) is 6.08 Å². The highest BCUT2D eigenvalue weighted by Crippen LogP contribution is 2.04. The van der Waals surface area contributed by atoms with Crippen molar-refractivity contribution in [2.75, 3.05) is 0 Å². The highest BCUT2D eigenvalue weighted by atomic mass is 16.6. The molecule has 2 aromatic carbocycles. The van der Waals surface area contributed by atoms with E-state index in [-0.39, 0.29) is 0 Å². The second-order valence-corrected chi connectivity index (χ2v) is 4.78. The smallest absolute Gasteiger partial charge is 0.338 e. The van der Waals surface area contributed by atoms with Gasteiger partial charge in [0.15, 0.2) is 0 Å². The Balaban J connectivity index is 1.85. The molecule has 22 heavy (non-hydrogen) atoms. The summed E-state index contributed by atoms with van der Waals surface area (Å²) in [5.41, 5.74) is 7.52. The van der Waals surface area contributed by atoms with E-state index in [1.807, 2.05) is 60.7 Å². The van der Waals surface area contributed by atoms with Gasteiger partial charge in [-0.1, -0.05) is 60.7 Å². The van der Waals surface area contributed by atoms with E-state index in [2.05, 4.69) is 0 Å². The van der Waals surface area contributed by atoms with Crippen molar-refractivity contribution in [3.63, 3.8) is 0 Å². The van der Waals surface area contributed by atoms with E-state index >= 15 is 0 Å². The number of ether oxygens (including phenoxy) is 1. The molecule has 0 heterocycles. The Morgan fingerprint density at radius 1 is 1.00 bits per heavy atom. The van der Waals surface area contributed by atoms with Crippen molar-refractivity contribution in [3.05, 3.63) is 77.9 Å². The Labute approximate surface area is 129 Å². The van der Waals surface area contributed by atoms with Crippen LogP contribution in [0.15, 0.2) is 66.7 Å². The Morgan fingerprint density at radius 3 is 2.23 bits per heavy atom. The van der Waals surface area contributed by atoms with Crippen molar-refractivity contribution in [2.45, 2.75) is 12.5 Å². The first-order chi connectivity index (χ1) is 10.6. The van der Waals surface area contributed by atoms with E-state index < -0.39 is 18.0 Å². The van der Waals surface area contributed by atoms with Crippen molar-refractivity contribution < 1.29 is 14.3 Å². The Hall–Kier alpha value is -2.72. The fraction of sp³-hybridized carbons (Fsp3) is 0.111. The molecule has 0 aliphatic heterocycles. The second kappa shape index (κ2) is 7.90. The SMILES string of the molecule is N[C@@H](Cc1ccccc1)C(=O)OC(=O)/C=C/c1ccccc1. The first-order valence-corrected chi connectivity index (χ1v) is 6.93. The van der Waals surface area contributed by atoms with Crippen molar-refractivity contribution >= 4 is 18.0 Å². The quantitative estimate of drug-likeness (QED) is 0.522. The number of rotatable bonds is 5. The third-order valence-corrected chi connectivity index (χ3v) is 3.01. The van der Waals surface area contributed by atoms with Crippen LogP contribution in [-0.4, -0.2) is 18.0 Å². The number of carbonyl (C=O) groups excluding carboxylic acids is 2. The van der Waals surface area contributed by atoms with Crippen LogP contribution in [0.25, 0.3) is 6.08 Å². The predicted octanol–water partition coefficient (Wildman–Crippen LogP) is 2.34. The van der Waals surface area contributed by atoms with E-state index in [0.29, 0.717) is 6.42 Å². The molecule has 0 bridgehead atoms. The molecule has 0 radical (unpaired) electrons. The van der Waals surface area contributed by atoms with Crippen LogP contribution in [0.3, 0.4) is 0 Å². The fourth-order valence-corrected chi connectivity index (χ4v) is 1.89. The van der Waals surface area contributed by atoms with Crippen LogP contribution in [0.1, 0.15) is 11.1 Å². The van der Waals surface area contributed by atoms with Gasteiger partial charge in [-0.2, -0.15) is 0 Å². The van der Waals surface area contributed by atoms with Gasteiger partial charge in [0, 0.05) is 6.08 Å². The number of benzene rings is 2. The first-order valence-electron chi connectivity index (χ1n) is 6.93. The Kier molecular flexibility index (Phi) is 5.63. The van der Waals surface area contributed by atoms with E-state index in [4.69, 9.17) is 10.5 Å². The summed E-state index contributed by atoms with van der Waals surface area (Å²) in [5.74, 6) is -1.45. The van der Waals surface area contributed by atoms with Crippen molar-refractivity contribution in [3.8, 4) is 0 Å². The zero-order valence-corrected chi connectivity index (χ0v) is 12.0. The molecule has 0 aliphatic carbocycles. The number of hydrogen-bond donors (Lipinski definition) is 1. The first kappa shape index (κ1) is 15.7. The number of hydrogen-bond acceptors (Lipinski definition) is 4. The molecule has 112 valence electrons. The normalized spacial score (nSPS) is 12.0. The summed E-state index contributed by atoms with van der Waals surface area (Å²) >= 11 is 0. The molecule has 0 spiro atoms. The molecule has 2 N–H and O–H groups in total. The maximum Gasteiger partial charge on any atom is 0.338 e. The number of esters is 2. The third kappa shape index (κ3) is 5.00. The van der Waals surface area contributed by atoms with E-state index in [0.717, 1.165) is 11.1 Å². The summed E-state index contributed by atoms with van der Waals surface area (Å²) in [6, 6.07) is 17.7. The molecule has 0 unspecified atom stereocenters. The van der Waals surface area contributed by atoms with Crippen LogP contribution in [0, 0.1) is 0 Å². The minimum atomic E-state index is -0.864. The van der Waals surface area contributed by atoms with E-state index in [1.54, 1.807) is 6.08 Å². The molecule has 0 amide bonds. The molecule has 0 fully saturated rings.